The fourth-order valence-electron chi connectivity index (χ4n) is 3.64. The van der Waals surface area contributed by atoms with Crippen molar-refractivity contribution < 1.29 is 19.0 Å². The van der Waals surface area contributed by atoms with Gasteiger partial charge in [-0.3, -0.25) is 5.09 Å². The Morgan fingerprint density at radius 1 is 0.851 bits per heavy atom. The molecule has 0 fully saturated rings. The Balaban J connectivity index is 0.000000365. The summed E-state index contributed by atoms with van der Waals surface area (Å²) in [6.07, 6.45) is 10.1. The van der Waals surface area contributed by atoms with Crippen LogP contribution in [0.15, 0.2) is 89.2 Å². The SMILES string of the molecule is CCCP(=O)(CCO)NCCCSSc1ccccn1.CCC[P+](=O)CCOCc1ccccc1.NCCCSSc1ccccn1. The average molecular weight is 760 g/mol. The molecule has 0 aliphatic rings. The van der Waals surface area contributed by atoms with Gasteiger partial charge in [0.15, 0.2) is 6.16 Å². The van der Waals surface area contributed by atoms with Gasteiger partial charge in [0, 0.05) is 42.8 Å². The molecule has 0 saturated carbocycles. The smallest absolute Gasteiger partial charge is 0.341 e. The maximum Gasteiger partial charge on any atom is 0.341 e. The van der Waals surface area contributed by atoms with Gasteiger partial charge in [0.05, 0.1) is 19.8 Å². The van der Waals surface area contributed by atoms with Crippen LogP contribution >= 0.6 is 58.3 Å². The molecule has 3 rings (SSSR count). The molecule has 0 aliphatic heterocycles. The van der Waals surface area contributed by atoms with Crippen LogP contribution in [0.3, 0.4) is 0 Å². The molecule has 47 heavy (non-hydrogen) atoms. The number of pyridine rings is 2. The predicted molar refractivity (Wildman–Crippen MR) is 210 cm³/mol. The number of benzene rings is 1. The van der Waals surface area contributed by atoms with Crippen LogP contribution in [0.2, 0.25) is 0 Å². The highest BCUT2D eigenvalue weighted by Gasteiger charge is 2.18. The molecule has 2 atom stereocenters. The zero-order valence-corrected chi connectivity index (χ0v) is 32.8. The molecular weight excluding hydrogens is 707 g/mol. The van der Waals surface area contributed by atoms with Crippen molar-refractivity contribution in [1.82, 2.24) is 15.1 Å². The van der Waals surface area contributed by atoms with Crippen LogP contribution in [0.1, 0.15) is 45.1 Å². The molecule has 0 saturated heterocycles. The van der Waals surface area contributed by atoms with Gasteiger partial charge >= 0.3 is 7.80 Å². The molecule has 2 unspecified atom stereocenters. The number of aliphatic hydroxyl groups is 1. The summed E-state index contributed by atoms with van der Waals surface area (Å²) in [5.41, 5.74) is 6.54. The summed E-state index contributed by atoms with van der Waals surface area (Å²) < 4.78 is 29.1. The van der Waals surface area contributed by atoms with E-state index in [1.54, 1.807) is 49.4 Å². The summed E-state index contributed by atoms with van der Waals surface area (Å²) in [4.78, 5) is 8.43. The van der Waals surface area contributed by atoms with Gasteiger partial charge in [0.1, 0.15) is 23.5 Å². The number of nitrogens with two attached hydrogens (primary N) is 1. The topological polar surface area (TPSA) is 127 Å². The van der Waals surface area contributed by atoms with E-state index < -0.39 is 15.1 Å². The van der Waals surface area contributed by atoms with Crippen molar-refractivity contribution in [3.05, 3.63) is 84.7 Å². The second-order valence-electron chi connectivity index (χ2n) is 10.1. The maximum absolute atomic E-state index is 12.4. The number of hydrogen-bond acceptors (Lipinski definition) is 11. The molecule has 0 radical (unpaired) electrons. The predicted octanol–water partition coefficient (Wildman–Crippen LogP) is 9.09. The number of nitrogens with one attached hydrogen (secondary N) is 1. The monoisotopic (exact) mass is 759 g/mol. The lowest BCUT2D eigenvalue weighted by atomic mass is 10.2. The van der Waals surface area contributed by atoms with E-state index in [1.165, 1.54) is 5.56 Å². The van der Waals surface area contributed by atoms with Crippen molar-refractivity contribution in [2.45, 2.75) is 56.2 Å². The first-order chi connectivity index (χ1) is 23.0. The van der Waals surface area contributed by atoms with Crippen LogP contribution in [-0.2, 0) is 20.5 Å². The molecule has 4 N–H and O–H groups in total. The summed E-state index contributed by atoms with van der Waals surface area (Å²) in [6.45, 7) is 6.81. The normalized spacial score (nSPS) is 12.2. The standard InChI is InChI=1S/C13H23N2O2PS2.C12H18O2P.C8H12N2S2/c1-2-10-18(17,11-9-16)15-8-5-12-19-20-13-6-3-4-7-14-13;1-2-9-15(13)10-8-14-11-12-6-4-3-5-7-12;9-5-3-7-11-12-8-4-1-2-6-10-8/h3-4,6-7,16H,2,5,8-12H2,1H3,(H,15,17);3-7H,2,8-11H2,1H3;1-2,4,6H,3,5,7,9H2/q;+1;. The van der Waals surface area contributed by atoms with Crippen molar-refractivity contribution in [1.29, 1.82) is 0 Å². The van der Waals surface area contributed by atoms with E-state index in [2.05, 4.69) is 22.0 Å². The van der Waals surface area contributed by atoms with Crippen LogP contribution in [0.4, 0.5) is 0 Å². The molecular formula is C33H53N4O4P2S4+. The van der Waals surface area contributed by atoms with E-state index in [0.29, 0.717) is 31.7 Å². The lowest BCUT2D eigenvalue weighted by Crippen LogP contribution is -2.18. The van der Waals surface area contributed by atoms with Crippen LogP contribution in [-0.4, -0.2) is 77.5 Å². The summed E-state index contributed by atoms with van der Waals surface area (Å²) in [5.74, 6) is 2.08. The molecule has 0 bridgehead atoms. The number of rotatable bonds is 23. The van der Waals surface area contributed by atoms with Crippen LogP contribution in [0.25, 0.3) is 0 Å². The first-order valence-corrected chi connectivity index (χ1v) is 24.4. The van der Waals surface area contributed by atoms with E-state index in [4.69, 9.17) is 15.6 Å². The fourth-order valence-corrected chi connectivity index (χ4v) is 10.8. The molecule has 262 valence electrons. The van der Waals surface area contributed by atoms with Gasteiger partial charge in [0.25, 0.3) is 0 Å². The van der Waals surface area contributed by atoms with Crippen LogP contribution in [0.5, 0.6) is 0 Å². The molecule has 0 amide bonds. The van der Waals surface area contributed by atoms with Gasteiger partial charge in [-0.25, -0.2) is 9.97 Å². The number of ether oxygens (including phenoxy) is 1. The van der Waals surface area contributed by atoms with Crippen molar-refractivity contribution in [2.75, 3.05) is 62.5 Å². The molecule has 2 heterocycles. The largest absolute Gasteiger partial charge is 0.396 e. The molecule has 14 heteroatoms. The van der Waals surface area contributed by atoms with Crippen LogP contribution < -0.4 is 10.8 Å². The molecule has 3 aromatic rings. The Morgan fingerprint density at radius 2 is 1.47 bits per heavy atom. The third-order valence-electron chi connectivity index (χ3n) is 5.92. The molecule has 1 aromatic carbocycles. The minimum Gasteiger partial charge on any atom is -0.396 e. The maximum atomic E-state index is 12.4. The zero-order chi connectivity index (χ0) is 34.3. The van der Waals surface area contributed by atoms with Gasteiger partial charge in [-0.15, -0.1) is 0 Å². The Labute approximate surface area is 299 Å². The summed E-state index contributed by atoms with van der Waals surface area (Å²) in [5, 5.41) is 14.2. The summed E-state index contributed by atoms with van der Waals surface area (Å²) in [7, 11) is 3.55. The lowest BCUT2D eigenvalue weighted by Gasteiger charge is -2.17. The minimum absolute atomic E-state index is 0.00540. The minimum atomic E-state index is -2.35. The summed E-state index contributed by atoms with van der Waals surface area (Å²) >= 11 is 0. The number of hydrogen-bond donors (Lipinski definition) is 3. The Kier molecular flexibility index (Phi) is 29.2. The first kappa shape index (κ1) is 44.1. The average Bonchev–Trinajstić information content (AvgIpc) is 3.09. The third kappa shape index (κ3) is 25.7. The highest BCUT2D eigenvalue weighted by molar-refractivity contribution is 8.77. The second-order valence-corrected chi connectivity index (χ2v) is 19.8. The molecule has 2 aromatic heterocycles. The second kappa shape index (κ2) is 31.1. The van der Waals surface area contributed by atoms with Crippen LogP contribution in [0, 0.1) is 0 Å². The molecule has 0 aliphatic carbocycles. The Bertz CT molecular complexity index is 1180. The fraction of sp³-hybridized carbons (Fsp3) is 0.515. The Hall–Kier alpha value is -0.910. The van der Waals surface area contributed by atoms with Gasteiger partial charge < -0.3 is 20.1 Å². The van der Waals surface area contributed by atoms with E-state index in [0.717, 1.165) is 66.5 Å². The van der Waals surface area contributed by atoms with Gasteiger partial charge in [-0.05, 0) is 83.6 Å². The molecule has 0 spiro atoms. The van der Waals surface area contributed by atoms with Crippen molar-refractivity contribution >= 4 is 58.3 Å². The summed E-state index contributed by atoms with van der Waals surface area (Å²) in [6, 6.07) is 21.9. The van der Waals surface area contributed by atoms with E-state index in [-0.39, 0.29) is 6.61 Å². The number of aliphatic hydroxyl groups excluding tert-OH is 1. The molecule has 8 nitrogen and oxygen atoms in total. The Morgan fingerprint density at radius 3 is 2.00 bits per heavy atom. The van der Waals surface area contributed by atoms with Gasteiger partial charge in [0.2, 0.25) is 0 Å². The number of aromatic nitrogens is 2. The van der Waals surface area contributed by atoms with E-state index in [9.17, 15) is 9.13 Å². The number of nitrogens with zero attached hydrogens (tertiary/aromatic N) is 2. The first-order valence-electron chi connectivity index (χ1n) is 16.0. The highest BCUT2D eigenvalue weighted by atomic mass is 33.1. The van der Waals surface area contributed by atoms with Crippen molar-refractivity contribution in [3.63, 3.8) is 0 Å². The zero-order valence-electron chi connectivity index (χ0n) is 27.8. The quantitative estimate of drug-likeness (QED) is 0.0485. The third-order valence-corrected chi connectivity index (χ3v) is 15.1. The van der Waals surface area contributed by atoms with E-state index in [1.807, 2.05) is 79.9 Å². The van der Waals surface area contributed by atoms with Gasteiger partial charge in [-0.1, -0.05) is 82.5 Å². The lowest BCUT2D eigenvalue weighted by molar-refractivity contribution is 0.135. The van der Waals surface area contributed by atoms with Gasteiger partial charge in [-0.2, -0.15) is 0 Å². The van der Waals surface area contributed by atoms with E-state index >= 15 is 0 Å². The van der Waals surface area contributed by atoms with Crippen molar-refractivity contribution in [2.24, 2.45) is 5.73 Å². The highest BCUT2D eigenvalue weighted by Crippen LogP contribution is 2.40. The van der Waals surface area contributed by atoms with Crippen molar-refractivity contribution in [3.8, 4) is 0 Å².